The maximum absolute atomic E-state index is 13.4. The van der Waals surface area contributed by atoms with Gasteiger partial charge < -0.3 is 86.0 Å². The van der Waals surface area contributed by atoms with Crippen LogP contribution in [-0.4, -0.2) is 313 Å². The van der Waals surface area contributed by atoms with Crippen LogP contribution in [0.15, 0.2) is 5.11 Å². The zero-order valence-electron chi connectivity index (χ0n) is 48.7. The predicted octanol–water partition coefficient (Wildman–Crippen LogP) is -3.51. The smallest absolute Gasteiger partial charge is 0.397 e. The van der Waals surface area contributed by atoms with E-state index in [0.717, 1.165) is 49.8 Å². The molecule has 58 heteroatoms. The molecule has 554 valence electrons. The summed E-state index contributed by atoms with van der Waals surface area (Å²) in [7, 11) is -15.4. The summed E-state index contributed by atoms with van der Waals surface area (Å²) in [5.41, 5.74) is 9.59. The number of aliphatic carboxylic acids is 2. The third-order valence-corrected chi connectivity index (χ3v) is 16.5. The summed E-state index contributed by atoms with van der Waals surface area (Å²) in [5.74, 6) is -4.03. The van der Waals surface area contributed by atoms with Gasteiger partial charge in [0.1, 0.15) is 91.5 Å². The van der Waals surface area contributed by atoms with Crippen LogP contribution in [0.4, 0.5) is 0 Å². The van der Waals surface area contributed by atoms with Gasteiger partial charge in [0.15, 0.2) is 92.8 Å². The molecule has 0 radical (unpaired) electrons. The molecule has 5 aliphatic rings. The zero-order valence-corrected chi connectivity index (χ0v) is 54.4. The topological polar surface area (TPSA) is 669 Å². The fourth-order valence-corrected chi connectivity index (χ4v) is 12.4. The highest BCUT2D eigenvalue weighted by molar-refractivity contribution is 7.90. The van der Waals surface area contributed by atoms with Crippen molar-refractivity contribution in [3.05, 3.63) is 10.4 Å². The molecule has 10 unspecified atom stereocenters. The van der Waals surface area contributed by atoms with E-state index in [1.165, 1.54) is 0 Å². The lowest BCUT2D eigenvalue weighted by Gasteiger charge is -2.51. The molecule has 0 spiro atoms. The minimum atomic E-state index is -5.98. The number of hydrogen-bond donors (Lipinski definition) is 9. The molecule has 0 saturated carbocycles. The van der Waals surface area contributed by atoms with E-state index in [1.807, 2.05) is 0 Å². The van der Waals surface area contributed by atoms with E-state index in [2.05, 4.69) is 50.7 Å². The second kappa shape index (κ2) is 38.6. The Morgan fingerprint density at radius 2 is 0.747 bits per heavy atom. The average molecular weight is 1540 g/mol. The fraction of sp³-hybridized carbons (Fsp3) is 0.946. The van der Waals surface area contributed by atoms with Crippen molar-refractivity contribution in [3.63, 3.8) is 0 Å². The minimum absolute atomic E-state index is 0.135. The first-order valence-electron chi connectivity index (χ1n) is 25.3. The van der Waals surface area contributed by atoms with Crippen LogP contribution in [0.1, 0.15) is 0 Å². The Labute approximate surface area is 547 Å². The normalized spacial score (nSPS) is 36.7. The van der Waals surface area contributed by atoms with Crippen molar-refractivity contribution in [1.82, 2.24) is 0 Å². The van der Waals surface area contributed by atoms with Crippen LogP contribution in [0.25, 0.3) is 10.4 Å². The molecule has 0 amide bonds. The van der Waals surface area contributed by atoms with Crippen LogP contribution in [0.2, 0.25) is 0 Å². The van der Waals surface area contributed by atoms with E-state index < -0.39 is 239 Å². The Morgan fingerprint density at radius 3 is 1.09 bits per heavy atom. The van der Waals surface area contributed by atoms with E-state index in [0.29, 0.717) is 0 Å². The average Bonchev–Trinajstić information content (AvgIpc) is 0.765. The van der Waals surface area contributed by atoms with Crippen LogP contribution < -0.4 is 0 Å². The van der Waals surface area contributed by atoms with Crippen molar-refractivity contribution in [3.8, 4) is 0 Å². The van der Waals surface area contributed by atoms with Gasteiger partial charge in [-0.15, -0.1) is 13.0 Å². The second-order valence-electron chi connectivity index (χ2n) is 18.6. The SMILES string of the molecule is COC1C(OC)[C@H](O[C@H]2O[C@@H](COS(=O)(=O)O)[C@@H](O[C@@H]3OC(C(=O)O)[C@@H](O[C@@H]4OC(COS(=O)(=O)O)[C@@H](OC)[C@H](OC)C4N=[N+]=[N-])[C@H](OC)C3OC)C(OSOOO)C2OS(=O)(=O)O)[C@H](C(=O)O)O[C@@H]1O[C@@H]1C(COS(=O)(=O)O)O[C@H](OC)C(OSOOO)[C@H]1OSOOO. The third-order valence-electron chi connectivity index (χ3n) is 13.5. The second-order valence-corrected chi connectivity index (χ2v) is 24.3. The summed E-state index contributed by atoms with van der Waals surface area (Å²) in [6.07, 6.45) is -50.6. The van der Waals surface area contributed by atoms with Gasteiger partial charge in [0.25, 0.3) is 0 Å². The lowest BCUT2D eigenvalue weighted by Crippen LogP contribution is -2.69. The molecule has 5 aliphatic heterocycles. The lowest BCUT2D eigenvalue weighted by atomic mass is 9.94. The van der Waals surface area contributed by atoms with Crippen molar-refractivity contribution in [2.75, 3.05) is 69.6 Å². The van der Waals surface area contributed by atoms with Crippen LogP contribution in [-0.2, 0) is 184 Å². The van der Waals surface area contributed by atoms with E-state index in [9.17, 15) is 77.2 Å². The lowest BCUT2D eigenvalue weighted by molar-refractivity contribution is -0.436. The van der Waals surface area contributed by atoms with Gasteiger partial charge in [-0.3, -0.25) is 30.8 Å². The molecule has 5 heterocycles. The van der Waals surface area contributed by atoms with Gasteiger partial charge in [0.05, 0.1) is 25.9 Å². The van der Waals surface area contributed by atoms with Crippen molar-refractivity contribution in [2.45, 2.75) is 153 Å². The van der Waals surface area contributed by atoms with E-state index in [1.54, 1.807) is 0 Å². The Morgan fingerprint density at radius 1 is 0.411 bits per heavy atom. The Hall–Kier alpha value is -2.34. The first-order chi connectivity index (χ1) is 44.8. The number of ether oxygens (including phenoxy) is 16. The number of azide groups is 1. The van der Waals surface area contributed by atoms with Gasteiger partial charge in [-0.1, -0.05) is 20.2 Å². The van der Waals surface area contributed by atoms with Gasteiger partial charge in [-0.05, 0) is 5.53 Å². The van der Waals surface area contributed by atoms with Crippen molar-refractivity contribution >= 4 is 90.5 Å². The molecule has 25 atom stereocenters. The van der Waals surface area contributed by atoms with Crippen molar-refractivity contribution in [2.24, 2.45) is 5.11 Å². The van der Waals surface area contributed by atoms with Crippen LogP contribution >= 0.6 is 37.0 Å². The van der Waals surface area contributed by atoms with E-state index >= 15 is 0 Å². The van der Waals surface area contributed by atoms with Crippen LogP contribution in [0.5, 0.6) is 0 Å². The minimum Gasteiger partial charge on any atom is -0.479 e. The predicted molar refractivity (Wildman–Crippen MR) is 284 cm³/mol. The number of carboxylic acids is 2. The number of hydrogen-bond acceptors (Lipinski definition) is 46. The first kappa shape index (κ1) is 83.3. The molecule has 5 rings (SSSR count). The number of carbonyl (C=O) groups is 2. The van der Waals surface area contributed by atoms with Gasteiger partial charge in [0.2, 0.25) is 0 Å². The van der Waals surface area contributed by atoms with E-state index in [-0.39, 0.29) is 24.6 Å². The largest absolute Gasteiger partial charge is 0.479 e. The molecule has 9 N–H and O–H groups in total. The zero-order chi connectivity index (χ0) is 70.8. The molecule has 51 nitrogen and oxygen atoms in total. The van der Waals surface area contributed by atoms with Gasteiger partial charge >= 0.3 is 53.5 Å². The number of carboxylic acid groups (broad SMARTS) is 2. The number of methoxy groups -OCH3 is 7. The maximum Gasteiger partial charge on any atom is 0.397 e. The van der Waals surface area contributed by atoms with Crippen molar-refractivity contribution in [1.29, 1.82) is 0 Å². The maximum atomic E-state index is 13.4. The number of rotatable bonds is 41. The van der Waals surface area contributed by atoms with Gasteiger partial charge in [-0.2, -0.15) is 33.7 Å². The van der Waals surface area contributed by atoms with Crippen molar-refractivity contribution < 1.29 is 221 Å². The molecule has 0 aromatic carbocycles. The quantitative estimate of drug-likeness (QED) is 0.00419. The molecule has 5 saturated heterocycles. The summed E-state index contributed by atoms with van der Waals surface area (Å²) < 4.78 is 276. The summed E-state index contributed by atoms with van der Waals surface area (Å²) in [6.45, 7) is -3.84. The molecule has 0 aromatic rings. The highest BCUT2D eigenvalue weighted by Crippen LogP contribution is 2.42. The molecule has 0 bridgehead atoms. The summed E-state index contributed by atoms with van der Waals surface area (Å²) >= 11 is -0.791. The summed E-state index contributed by atoms with van der Waals surface area (Å²) in [4.78, 5) is 29.5. The van der Waals surface area contributed by atoms with Crippen LogP contribution in [0.3, 0.4) is 0 Å². The van der Waals surface area contributed by atoms with Gasteiger partial charge in [0, 0.05) is 54.7 Å². The van der Waals surface area contributed by atoms with Crippen LogP contribution in [0, 0.1) is 0 Å². The molecule has 5 fully saturated rings. The molecular weight excluding hydrogens is 1480 g/mol. The Balaban J connectivity index is 1.61. The fourth-order valence-electron chi connectivity index (χ4n) is 9.96. The Bertz CT molecular complexity index is 2890. The number of nitrogens with zero attached hydrogens (tertiary/aromatic N) is 3. The summed E-state index contributed by atoms with van der Waals surface area (Å²) in [6, 6.07) is -1.68. The summed E-state index contributed by atoms with van der Waals surface area (Å²) in [5, 5.41) is 62.5. The van der Waals surface area contributed by atoms with Gasteiger partial charge in [-0.25, -0.2) is 42.1 Å². The van der Waals surface area contributed by atoms with E-state index in [4.69, 9.17) is 108 Å². The molecule has 95 heavy (non-hydrogen) atoms. The molecular formula is C37H61N3O48S7. The highest BCUT2D eigenvalue weighted by Gasteiger charge is 2.62. The monoisotopic (exact) mass is 1540 g/mol. The Kier molecular flexibility index (Phi) is 33.9. The first-order valence-corrected chi connectivity index (χ1v) is 32.8. The molecule has 0 aliphatic carbocycles. The molecule has 0 aromatic heterocycles. The highest BCUT2D eigenvalue weighted by atomic mass is 32.3. The third kappa shape index (κ3) is 23.6. The standard InChI is InChI=1S/C37H61N3O48S7/c1-60-15-11(8-67-92(48,49)50)70-33(14(39-40-38)18(15)61-2)75-21-19(62-3)27(64-5)36(77-25(21)31(41)42)74-17-13(10-69-94(54,55)56)72-37(30(82-95(57,58)59)24(17)80-90-87-84-46)76-22-20(63-4)28(65-6)35(78-26(22)32(43)44)73-16-12(9-68-93(51,52)53)71-34(66-7)29(81-91-88-85-47)23(16)79-89-86-83-45/h11-30,33-37,45-47H,8-10H2,1-7H3,(H,41,42)(H,43,44)(H,48,49,50)(H,51,52,53)(H,54,55,56)(H,57,58,59)/t11?,12?,13-,14?,15+,16+,17+,18+,19-,20?,21-,22-,23-,24?,25?,26+,27?,28?,29?,30?,33-,34-,35-,36+,37+/m0/s1.